The summed E-state index contributed by atoms with van der Waals surface area (Å²) in [5, 5.41) is 1.53. The van der Waals surface area contributed by atoms with Crippen molar-refractivity contribution in [2.45, 2.75) is 19.8 Å². The number of benzene rings is 3. The first-order valence-corrected chi connectivity index (χ1v) is 10.3. The number of pyridine rings is 1. The Labute approximate surface area is 185 Å². The minimum atomic E-state index is -0.741. The van der Waals surface area contributed by atoms with Crippen LogP contribution in [0.15, 0.2) is 79.0 Å². The lowest BCUT2D eigenvalue weighted by atomic mass is 10.0. The predicted octanol–water partition coefficient (Wildman–Crippen LogP) is 7.23. The molecule has 1 aromatic heterocycles. The Morgan fingerprint density at radius 3 is 2.31 bits per heavy atom. The van der Waals surface area contributed by atoms with E-state index in [1.54, 1.807) is 36.5 Å². The van der Waals surface area contributed by atoms with Gasteiger partial charge in [-0.2, -0.15) is 0 Å². The highest BCUT2D eigenvalue weighted by Crippen LogP contribution is 2.23. The Balaban J connectivity index is 1.58. The number of allylic oxidation sites excluding steroid dienone is 2. The lowest BCUT2D eigenvalue weighted by Gasteiger charge is -2.05. The molecule has 0 fully saturated rings. The molecule has 0 N–H and O–H groups in total. The molecule has 0 aliphatic carbocycles. The molecular formula is C28H20F3N. The summed E-state index contributed by atoms with van der Waals surface area (Å²) in [4.78, 5) is 4.35. The number of hydrogen-bond acceptors (Lipinski definition) is 1. The first-order chi connectivity index (χ1) is 15.5. The zero-order valence-electron chi connectivity index (χ0n) is 17.5. The highest BCUT2D eigenvalue weighted by molar-refractivity contribution is 5.84. The van der Waals surface area contributed by atoms with Crippen molar-refractivity contribution >= 4 is 10.8 Å². The summed E-state index contributed by atoms with van der Waals surface area (Å²) in [6.45, 7) is 1.97. The Morgan fingerprint density at radius 2 is 1.59 bits per heavy atom. The van der Waals surface area contributed by atoms with E-state index in [1.165, 1.54) is 24.3 Å². The molecule has 0 aliphatic heterocycles. The van der Waals surface area contributed by atoms with Crippen LogP contribution in [0.5, 0.6) is 0 Å². The zero-order chi connectivity index (χ0) is 22.5. The van der Waals surface area contributed by atoms with Crippen molar-refractivity contribution in [3.05, 3.63) is 113 Å². The number of fused-ring (bicyclic) bond motifs is 1. The largest absolute Gasteiger partial charge is 0.256 e. The third-order valence-corrected chi connectivity index (χ3v) is 5.13. The molecule has 3 aromatic carbocycles. The van der Waals surface area contributed by atoms with Crippen LogP contribution in [0.25, 0.3) is 22.0 Å². The minimum absolute atomic E-state index is 0.295. The molecule has 0 amide bonds. The van der Waals surface area contributed by atoms with E-state index in [-0.39, 0.29) is 11.4 Å². The van der Waals surface area contributed by atoms with Gasteiger partial charge in [-0.25, -0.2) is 13.2 Å². The molecule has 0 atom stereocenters. The van der Waals surface area contributed by atoms with Crippen molar-refractivity contribution in [3.8, 4) is 23.1 Å². The molecule has 4 rings (SSSR count). The standard InChI is InChI=1S/C28H20F3N/c1-2-3-4-5-20-8-13-28(32-18-20)23-16-26(30)25(27(31)17-23)12-7-19-6-9-22-15-24(29)11-10-21(22)14-19/h2-3,6,8-11,13-18H,4-5H2,1H3/b3-2+. The first kappa shape index (κ1) is 21.4. The number of aromatic nitrogens is 1. The van der Waals surface area contributed by atoms with Crippen molar-refractivity contribution in [2.24, 2.45) is 0 Å². The van der Waals surface area contributed by atoms with Crippen molar-refractivity contribution in [1.29, 1.82) is 0 Å². The molecule has 1 nitrogen and oxygen atoms in total. The van der Waals surface area contributed by atoms with Crippen LogP contribution < -0.4 is 0 Å². The van der Waals surface area contributed by atoms with Crippen molar-refractivity contribution < 1.29 is 13.2 Å². The molecule has 32 heavy (non-hydrogen) atoms. The van der Waals surface area contributed by atoms with Gasteiger partial charge in [-0.05, 0) is 78.6 Å². The van der Waals surface area contributed by atoms with Crippen molar-refractivity contribution in [1.82, 2.24) is 4.98 Å². The molecule has 0 saturated heterocycles. The maximum absolute atomic E-state index is 14.7. The Bertz CT molecular complexity index is 1340. The Kier molecular flexibility index (Phi) is 6.37. The molecule has 4 heteroatoms. The fraction of sp³-hybridized carbons (Fsp3) is 0.107. The number of halogens is 3. The molecule has 0 radical (unpaired) electrons. The van der Waals surface area contributed by atoms with Crippen molar-refractivity contribution in [3.63, 3.8) is 0 Å². The molecule has 0 saturated carbocycles. The fourth-order valence-corrected chi connectivity index (χ4v) is 3.43. The van der Waals surface area contributed by atoms with Gasteiger partial charge in [0.1, 0.15) is 17.5 Å². The summed E-state index contributed by atoms with van der Waals surface area (Å²) in [6, 6.07) is 15.8. The van der Waals surface area contributed by atoms with Gasteiger partial charge in [0.25, 0.3) is 0 Å². The molecule has 0 bridgehead atoms. The first-order valence-electron chi connectivity index (χ1n) is 10.3. The summed E-state index contributed by atoms with van der Waals surface area (Å²) in [5.74, 6) is 3.58. The van der Waals surface area contributed by atoms with Crippen LogP contribution in [0.2, 0.25) is 0 Å². The third kappa shape index (κ3) is 4.90. The van der Waals surface area contributed by atoms with Crippen LogP contribution in [0.4, 0.5) is 13.2 Å². The SMILES string of the molecule is C/C=C/CCc1ccc(-c2cc(F)c(C#Cc3ccc4cc(F)ccc4c3)c(F)c2)nc1. The van der Waals surface area contributed by atoms with E-state index in [0.717, 1.165) is 29.2 Å². The fourth-order valence-electron chi connectivity index (χ4n) is 3.43. The predicted molar refractivity (Wildman–Crippen MR) is 123 cm³/mol. The summed E-state index contributed by atoms with van der Waals surface area (Å²) in [5.41, 5.74) is 2.21. The molecule has 4 aromatic rings. The monoisotopic (exact) mass is 427 g/mol. The van der Waals surface area contributed by atoms with Gasteiger partial charge in [0.05, 0.1) is 11.3 Å². The maximum Gasteiger partial charge on any atom is 0.142 e. The molecule has 0 unspecified atom stereocenters. The second-order valence-electron chi connectivity index (χ2n) is 7.43. The average Bonchev–Trinajstić information content (AvgIpc) is 2.79. The van der Waals surface area contributed by atoms with Gasteiger partial charge in [0.15, 0.2) is 0 Å². The highest BCUT2D eigenvalue weighted by atomic mass is 19.1. The van der Waals surface area contributed by atoms with E-state index >= 15 is 0 Å². The van der Waals surface area contributed by atoms with Gasteiger partial charge >= 0.3 is 0 Å². The summed E-state index contributed by atoms with van der Waals surface area (Å²) in [7, 11) is 0. The average molecular weight is 427 g/mol. The number of hydrogen-bond donors (Lipinski definition) is 0. The van der Waals surface area contributed by atoms with Gasteiger partial charge in [0.2, 0.25) is 0 Å². The molecular weight excluding hydrogens is 407 g/mol. The quantitative estimate of drug-likeness (QED) is 0.247. The van der Waals surface area contributed by atoms with Gasteiger partial charge in [0, 0.05) is 17.3 Å². The van der Waals surface area contributed by atoms with Gasteiger partial charge in [-0.1, -0.05) is 42.2 Å². The van der Waals surface area contributed by atoms with E-state index in [1.807, 2.05) is 19.1 Å². The minimum Gasteiger partial charge on any atom is -0.256 e. The molecule has 0 spiro atoms. The summed E-state index contributed by atoms with van der Waals surface area (Å²) < 4.78 is 42.6. The lowest BCUT2D eigenvalue weighted by Crippen LogP contribution is -1.94. The number of nitrogens with zero attached hydrogens (tertiary/aromatic N) is 1. The van der Waals surface area contributed by atoms with Crippen LogP contribution in [-0.2, 0) is 6.42 Å². The van der Waals surface area contributed by atoms with Crippen LogP contribution in [0.3, 0.4) is 0 Å². The third-order valence-electron chi connectivity index (χ3n) is 5.13. The second kappa shape index (κ2) is 9.53. The van der Waals surface area contributed by atoms with Gasteiger partial charge in [-0.3, -0.25) is 4.98 Å². The van der Waals surface area contributed by atoms with Crippen LogP contribution in [0.1, 0.15) is 30.0 Å². The van der Waals surface area contributed by atoms with E-state index in [0.29, 0.717) is 16.8 Å². The number of aryl methyl sites for hydroxylation is 1. The van der Waals surface area contributed by atoms with E-state index in [9.17, 15) is 13.2 Å². The zero-order valence-corrected chi connectivity index (χ0v) is 17.5. The topological polar surface area (TPSA) is 12.9 Å². The van der Waals surface area contributed by atoms with E-state index < -0.39 is 11.6 Å². The van der Waals surface area contributed by atoms with Crippen LogP contribution in [-0.4, -0.2) is 4.98 Å². The number of rotatable bonds is 4. The second-order valence-corrected chi connectivity index (χ2v) is 7.43. The molecule has 1 heterocycles. The normalized spacial score (nSPS) is 11.0. The van der Waals surface area contributed by atoms with Gasteiger partial charge < -0.3 is 0 Å². The van der Waals surface area contributed by atoms with Crippen molar-refractivity contribution in [2.75, 3.05) is 0 Å². The van der Waals surface area contributed by atoms with Gasteiger partial charge in [-0.15, -0.1) is 0 Å². The van der Waals surface area contributed by atoms with Crippen LogP contribution in [0, 0.1) is 29.3 Å². The Morgan fingerprint density at radius 1 is 0.844 bits per heavy atom. The van der Waals surface area contributed by atoms with Crippen LogP contribution >= 0.6 is 0 Å². The van der Waals surface area contributed by atoms with E-state index in [2.05, 4.69) is 22.9 Å². The maximum atomic E-state index is 14.7. The highest BCUT2D eigenvalue weighted by Gasteiger charge is 2.11. The van der Waals surface area contributed by atoms with E-state index in [4.69, 9.17) is 0 Å². The summed E-state index contributed by atoms with van der Waals surface area (Å²) >= 11 is 0. The molecule has 158 valence electrons. The summed E-state index contributed by atoms with van der Waals surface area (Å²) in [6.07, 6.45) is 7.59. The Hall–Kier alpha value is -3.84. The smallest absolute Gasteiger partial charge is 0.142 e. The molecule has 0 aliphatic rings. The lowest BCUT2D eigenvalue weighted by molar-refractivity contribution is 0.578.